The molecule has 5 nitrogen and oxygen atoms in total. The largest absolute Gasteiger partial charge is 0.497 e. The van der Waals surface area contributed by atoms with Gasteiger partial charge in [0.15, 0.2) is 0 Å². The molecule has 0 spiro atoms. The van der Waals surface area contributed by atoms with Gasteiger partial charge in [0.2, 0.25) is 0 Å². The monoisotopic (exact) mass is 405 g/mol. The Bertz CT molecular complexity index is 934. The normalized spacial score (nSPS) is 11.4. The fourth-order valence-electron chi connectivity index (χ4n) is 3.20. The summed E-state index contributed by atoms with van der Waals surface area (Å²) in [6, 6.07) is 22.6. The first kappa shape index (κ1) is 21.2. The molecule has 0 radical (unpaired) electrons. The number of methoxy groups -OCH3 is 2. The molecule has 1 N–H and O–H groups in total. The van der Waals surface area contributed by atoms with Crippen LogP contribution >= 0.6 is 0 Å². The van der Waals surface area contributed by atoms with Gasteiger partial charge < -0.3 is 19.5 Å². The van der Waals surface area contributed by atoms with Gasteiger partial charge in [-0.15, -0.1) is 0 Å². The van der Waals surface area contributed by atoms with Gasteiger partial charge in [0.05, 0.1) is 26.9 Å². The first-order valence-electron chi connectivity index (χ1n) is 9.93. The molecule has 1 atom stereocenters. The third-order valence-corrected chi connectivity index (χ3v) is 4.85. The lowest BCUT2D eigenvalue weighted by molar-refractivity contribution is 0.0936. The SMILES string of the molecule is CCOc1ccc(C(=O)NC(Cc2ccc(OC)cc2)c2ccc(OC)cc2)cc1. The van der Waals surface area contributed by atoms with E-state index < -0.39 is 0 Å². The fourth-order valence-corrected chi connectivity index (χ4v) is 3.20. The maximum absolute atomic E-state index is 12.9. The van der Waals surface area contributed by atoms with Crippen LogP contribution < -0.4 is 19.5 Å². The highest BCUT2D eigenvalue weighted by molar-refractivity contribution is 5.94. The van der Waals surface area contributed by atoms with Crippen molar-refractivity contribution in [1.82, 2.24) is 5.32 Å². The summed E-state index contributed by atoms with van der Waals surface area (Å²) in [6.07, 6.45) is 0.652. The smallest absolute Gasteiger partial charge is 0.251 e. The van der Waals surface area contributed by atoms with Crippen LogP contribution in [0.1, 0.15) is 34.5 Å². The van der Waals surface area contributed by atoms with Crippen molar-refractivity contribution in [2.45, 2.75) is 19.4 Å². The average molecular weight is 405 g/mol. The fraction of sp³-hybridized carbons (Fsp3) is 0.240. The number of ether oxygens (including phenoxy) is 3. The molecule has 0 aliphatic carbocycles. The van der Waals surface area contributed by atoms with E-state index in [0.717, 1.165) is 28.4 Å². The Morgan fingerprint density at radius 1 is 0.800 bits per heavy atom. The van der Waals surface area contributed by atoms with Gasteiger partial charge in [-0.1, -0.05) is 24.3 Å². The number of benzene rings is 3. The summed E-state index contributed by atoms with van der Waals surface area (Å²) >= 11 is 0. The highest BCUT2D eigenvalue weighted by Gasteiger charge is 2.17. The third-order valence-electron chi connectivity index (χ3n) is 4.85. The second kappa shape index (κ2) is 10.3. The minimum Gasteiger partial charge on any atom is -0.497 e. The van der Waals surface area contributed by atoms with E-state index in [1.807, 2.05) is 67.6 Å². The van der Waals surface area contributed by atoms with Crippen LogP contribution in [0.25, 0.3) is 0 Å². The van der Waals surface area contributed by atoms with Gasteiger partial charge in [-0.2, -0.15) is 0 Å². The summed E-state index contributed by atoms with van der Waals surface area (Å²) in [5.74, 6) is 2.20. The maximum atomic E-state index is 12.9. The van der Waals surface area contributed by atoms with Crippen LogP contribution in [-0.4, -0.2) is 26.7 Å². The topological polar surface area (TPSA) is 56.8 Å². The second-order valence-electron chi connectivity index (χ2n) is 6.81. The second-order valence-corrected chi connectivity index (χ2v) is 6.81. The van der Waals surface area contributed by atoms with Crippen molar-refractivity contribution in [3.63, 3.8) is 0 Å². The summed E-state index contributed by atoms with van der Waals surface area (Å²) < 4.78 is 16.0. The first-order valence-corrected chi connectivity index (χ1v) is 9.93. The van der Waals surface area contributed by atoms with Crippen molar-refractivity contribution in [2.75, 3.05) is 20.8 Å². The molecule has 0 aliphatic heterocycles. The molecule has 1 unspecified atom stereocenters. The Kier molecular flexibility index (Phi) is 7.33. The van der Waals surface area contributed by atoms with E-state index >= 15 is 0 Å². The summed E-state index contributed by atoms with van der Waals surface area (Å²) in [4.78, 5) is 12.9. The van der Waals surface area contributed by atoms with Gasteiger partial charge >= 0.3 is 0 Å². The van der Waals surface area contributed by atoms with Crippen molar-refractivity contribution in [2.24, 2.45) is 0 Å². The lowest BCUT2D eigenvalue weighted by Crippen LogP contribution is -2.30. The first-order chi connectivity index (χ1) is 14.6. The van der Waals surface area contributed by atoms with Crippen molar-refractivity contribution in [3.05, 3.63) is 89.5 Å². The van der Waals surface area contributed by atoms with Gasteiger partial charge in [0.1, 0.15) is 17.2 Å². The predicted molar refractivity (Wildman–Crippen MR) is 118 cm³/mol. The van der Waals surface area contributed by atoms with E-state index in [0.29, 0.717) is 18.6 Å². The minimum absolute atomic E-state index is 0.132. The zero-order chi connectivity index (χ0) is 21.3. The van der Waals surface area contributed by atoms with Crippen LogP contribution in [0.5, 0.6) is 17.2 Å². The molecule has 0 fully saturated rings. The molecular formula is C25H27NO4. The molecule has 0 aromatic heterocycles. The van der Waals surface area contributed by atoms with Crippen molar-refractivity contribution in [3.8, 4) is 17.2 Å². The highest BCUT2D eigenvalue weighted by Crippen LogP contribution is 2.23. The van der Waals surface area contributed by atoms with Crippen LogP contribution in [0.2, 0.25) is 0 Å². The van der Waals surface area contributed by atoms with Crippen LogP contribution in [-0.2, 0) is 6.42 Å². The number of rotatable bonds is 9. The summed E-state index contributed by atoms with van der Waals surface area (Å²) in [7, 11) is 3.28. The molecule has 3 aromatic carbocycles. The summed E-state index contributed by atoms with van der Waals surface area (Å²) in [5, 5.41) is 3.16. The van der Waals surface area contributed by atoms with Gasteiger partial charge in [-0.25, -0.2) is 0 Å². The molecular weight excluding hydrogens is 378 g/mol. The van der Waals surface area contributed by atoms with E-state index in [4.69, 9.17) is 14.2 Å². The Hall–Kier alpha value is -3.47. The Morgan fingerprint density at radius 3 is 1.87 bits per heavy atom. The molecule has 0 aliphatic rings. The molecule has 5 heteroatoms. The van der Waals surface area contributed by atoms with Crippen LogP contribution in [0.4, 0.5) is 0 Å². The number of hydrogen-bond donors (Lipinski definition) is 1. The number of hydrogen-bond acceptors (Lipinski definition) is 4. The van der Waals surface area contributed by atoms with E-state index in [1.165, 1.54) is 0 Å². The van der Waals surface area contributed by atoms with E-state index in [2.05, 4.69) is 5.32 Å². The van der Waals surface area contributed by atoms with Crippen LogP contribution in [0.3, 0.4) is 0 Å². The molecule has 3 aromatic rings. The number of amides is 1. The summed E-state index contributed by atoms with van der Waals surface area (Å²) in [5.41, 5.74) is 2.70. The quantitative estimate of drug-likeness (QED) is 0.555. The van der Waals surface area contributed by atoms with E-state index in [-0.39, 0.29) is 11.9 Å². The molecule has 0 heterocycles. The van der Waals surface area contributed by atoms with Crippen LogP contribution in [0, 0.1) is 0 Å². The Balaban J connectivity index is 1.80. The van der Waals surface area contributed by atoms with E-state index in [9.17, 15) is 4.79 Å². The number of nitrogens with one attached hydrogen (secondary N) is 1. The zero-order valence-electron chi connectivity index (χ0n) is 17.6. The number of carbonyl (C=O) groups is 1. The molecule has 30 heavy (non-hydrogen) atoms. The lowest BCUT2D eigenvalue weighted by atomic mass is 9.98. The standard InChI is InChI=1S/C25H27NO4/c1-4-30-23-15-9-20(10-16-23)25(27)26-24(19-7-13-22(29-3)14-8-19)17-18-5-11-21(28-2)12-6-18/h5-16,24H,4,17H2,1-3H3,(H,26,27). The van der Waals surface area contributed by atoms with Crippen LogP contribution in [0.15, 0.2) is 72.8 Å². The molecule has 0 bridgehead atoms. The molecule has 156 valence electrons. The lowest BCUT2D eigenvalue weighted by Gasteiger charge is -2.20. The minimum atomic E-state index is -0.191. The van der Waals surface area contributed by atoms with Gasteiger partial charge in [0.25, 0.3) is 5.91 Å². The Morgan fingerprint density at radius 2 is 1.33 bits per heavy atom. The predicted octanol–water partition coefficient (Wildman–Crippen LogP) is 4.82. The molecule has 0 saturated heterocycles. The molecule has 0 saturated carbocycles. The molecule has 3 rings (SSSR count). The maximum Gasteiger partial charge on any atom is 0.251 e. The Labute approximate surface area is 177 Å². The van der Waals surface area contributed by atoms with Crippen molar-refractivity contribution >= 4 is 5.91 Å². The van der Waals surface area contributed by atoms with Crippen molar-refractivity contribution < 1.29 is 19.0 Å². The zero-order valence-corrected chi connectivity index (χ0v) is 17.6. The van der Waals surface area contributed by atoms with Gasteiger partial charge in [0, 0.05) is 5.56 Å². The van der Waals surface area contributed by atoms with Gasteiger partial charge in [-0.05, 0) is 73.0 Å². The van der Waals surface area contributed by atoms with Gasteiger partial charge in [-0.3, -0.25) is 4.79 Å². The summed E-state index contributed by atoms with van der Waals surface area (Å²) in [6.45, 7) is 2.52. The molecule has 1 amide bonds. The highest BCUT2D eigenvalue weighted by atomic mass is 16.5. The third kappa shape index (κ3) is 5.54. The number of carbonyl (C=O) groups excluding carboxylic acids is 1. The van der Waals surface area contributed by atoms with E-state index in [1.54, 1.807) is 26.4 Å². The van der Waals surface area contributed by atoms with Crippen molar-refractivity contribution in [1.29, 1.82) is 0 Å². The average Bonchev–Trinajstić information content (AvgIpc) is 2.80.